The summed E-state index contributed by atoms with van der Waals surface area (Å²) in [7, 11) is 0. The van der Waals surface area contributed by atoms with Crippen molar-refractivity contribution in [3.8, 4) is 11.3 Å². The lowest BCUT2D eigenvalue weighted by Gasteiger charge is -2.42. The van der Waals surface area contributed by atoms with Gasteiger partial charge in [-0.25, -0.2) is 17.9 Å². The van der Waals surface area contributed by atoms with Gasteiger partial charge in [0.1, 0.15) is 35.8 Å². The third-order valence-corrected chi connectivity index (χ3v) is 7.17. The number of hydrogen-bond donors (Lipinski definition) is 4. The van der Waals surface area contributed by atoms with E-state index in [1.807, 2.05) is 0 Å². The molecule has 0 bridgehead atoms. The molecule has 2 aromatic heterocycles. The molecule has 1 aliphatic heterocycles. The fourth-order valence-electron chi connectivity index (χ4n) is 5.10. The summed E-state index contributed by atoms with van der Waals surface area (Å²) in [5, 5.41) is 53.2. The average molecular weight is 524 g/mol. The lowest BCUT2D eigenvalue weighted by Crippen LogP contribution is -2.56. The molecule has 4 N–H and O–H groups in total. The van der Waals surface area contributed by atoms with Crippen LogP contribution in [-0.2, 0) is 11.2 Å². The van der Waals surface area contributed by atoms with E-state index in [1.54, 1.807) is 6.07 Å². The van der Waals surface area contributed by atoms with Crippen LogP contribution in [0.5, 0.6) is 0 Å². The second kappa shape index (κ2) is 10.5. The monoisotopic (exact) mass is 524 g/mol. The fourth-order valence-corrected chi connectivity index (χ4v) is 5.10. The molecule has 0 spiro atoms. The van der Waals surface area contributed by atoms with Gasteiger partial charge in [0.2, 0.25) is 0 Å². The number of benzene rings is 1. The van der Waals surface area contributed by atoms with E-state index in [4.69, 9.17) is 9.26 Å². The van der Waals surface area contributed by atoms with Crippen molar-refractivity contribution in [3.63, 3.8) is 0 Å². The predicted molar refractivity (Wildman–Crippen MR) is 120 cm³/mol. The Morgan fingerprint density at radius 2 is 1.62 bits per heavy atom. The third kappa shape index (κ3) is 5.14. The highest BCUT2D eigenvalue weighted by Crippen LogP contribution is 2.35. The van der Waals surface area contributed by atoms with Crippen molar-refractivity contribution in [3.05, 3.63) is 53.3 Å². The van der Waals surface area contributed by atoms with Gasteiger partial charge in [0.05, 0.1) is 30.7 Å². The molecule has 5 rings (SSSR count). The number of rotatable bonds is 6. The molecule has 3 aromatic rings. The molecule has 3 heterocycles. The molecular weight excluding hydrogens is 497 g/mol. The predicted octanol–water partition coefficient (Wildman–Crippen LogP) is 1.63. The van der Waals surface area contributed by atoms with Gasteiger partial charge in [-0.3, -0.25) is 0 Å². The van der Waals surface area contributed by atoms with Crippen molar-refractivity contribution < 1.29 is 42.9 Å². The quantitative estimate of drug-likeness (QED) is 0.353. The molecule has 1 saturated heterocycles. The zero-order valence-corrected chi connectivity index (χ0v) is 19.6. The lowest BCUT2D eigenvalue weighted by atomic mass is 9.85. The highest BCUT2D eigenvalue weighted by atomic mass is 19.2. The standard InChI is InChI=1S/C24H27F3N4O6/c25-15-5-12(6-16(26)21(15)27)17-9-31(30-28-17)22-23(34)19(36-20(10-32)24(22)35)8-13-7-18(37-29-13)11-1-3-14(33)4-2-11/h5-7,9,11,14,19-20,22-24,32-35H,1-4,8,10H2/t11-,14-,19-,20-,22-,23+,24+/m1/s1. The first kappa shape index (κ1) is 25.8. The summed E-state index contributed by atoms with van der Waals surface area (Å²) in [4.78, 5) is 0. The molecule has 2 fully saturated rings. The van der Waals surface area contributed by atoms with E-state index in [9.17, 15) is 33.6 Å². The summed E-state index contributed by atoms with van der Waals surface area (Å²) in [5.74, 6) is -3.59. The number of aliphatic hydroxyl groups excluding tert-OH is 4. The molecule has 10 nitrogen and oxygen atoms in total. The van der Waals surface area contributed by atoms with Gasteiger partial charge in [-0.2, -0.15) is 0 Å². The van der Waals surface area contributed by atoms with Gasteiger partial charge in [-0.05, 0) is 37.8 Å². The number of nitrogens with zero attached hydrogens (tertiary/aromatic N) is 4. The number of hydrogen-bond acceptors (Lipinski definition) is 9. The first-order valence-electron chi connectivity index (χ1n) is 12.1. The minimum absolute atomic E-state index is 0.0143. The maximum Gasteiger partial charge on any atom is 0.194 e. The Labute approximate surface area is 209 Å². The zero-order valence-electron chi connectivity index (χ0n) is 19.6. The topological polar surface area (TPSA) is 147 Å². The van der Waals surface area contributed by atoms with Crippen molar-refractivity contribution >= 4 is 0 Å². The zero-order chi connectivity index (χ0) is 26.3. The van der Waals surface area contributed by atoms with Gasteiger partial charge in [0.15, 0.2) is 17.5 Å². The molecule has 0 unspecified atom stereocenters. The molecule has 200 valence electrons. The molecule has 13 heteroatoms. The maximum absolute atomic E-state index is 13.7. The van der Waals surface area contributed by atoms with Crippen LogP contribution in [0.2, 0.25) is 0 Å². The van der Waals surface area contributed by atoms with Crippen LogP contribution < -0.4 is 0 Å². The van der Waals surface area contributed by atoms with Crippen LogP contribution in [0, 0.1) is 17.5 Å². The Morgan fingerprint density at radius 1 is 0.946 bits per heavy atom. The summed E-state index contributed by atoms with van der Waals surface area (Å²) < 4.78 is 53.1. The largest absolute Gasteiger partial charge is 0.394 e. The molecule has 1 aliphatic carbocycles. The number of halogens is 3. The highest BCUT2D eigenvalue weighted by molar-refractivity contribution is 5.57. The van der Waals surface area contributed by atoms with Crippen LogP contribution in [0.15, 0.2) is 28.9 Å². The van der Waals surface area contributed by atoms with E-state index in [-0.39, 0.29) is 29.7 Å². The maximum atomic E-state index is 13.7. The molecular formula is C24H27F3N4O6. The van der Waals surface area contributed by atoms with Crippen LogP contribution in [0.1, 0.15) is 49.1 Å². The Hall–Kier alpha value is -2.84. The normalized spacial score (nSPS) is 30.5. The second-order valence-electron chi connectivity index (χ2n) is 9.64. The number of aromatic nitrogens is 4. The van der Waals surface area contributed by atoms with Gasteiger partial charge >= 0.3 is 0 Å². The third-order valence-electron chi connectivity index (χ3n) is 7.17. The van der Waals surface area contributed by atoms with Crippen LogP contribution >= 0.6 is 0 Å². The summed E-state index contributed by atoms with van der Waals surface area (Å²) in [5.41, 5.74) is 0.410. The highest BCUT2D eigenvalue weighted by Gasteiger charge is 2.46. The fraction of sp³-hybridized carbons (Fsp3) is 0.542. The van der Waals surface area contributed by atoms with Gasteiger partial charge in [0, 0.05) is 24.0 Å². The van der Waals surface area contributed by atoms with E-state index >= 15 is 0 Å². The van der Waals surface area contributed by atoms with Crippen LogP contribution in [0.4, 0.5) is 13.2 Å². The minimum atomic E-state index is -1.61. The molecule has 0 radical (unpaired) electrons. The smallest absolute Gasteiger partial charge is 0.194 e. The van der Waals surface area contributed by atoms with Crippen LogP contribution in [-0.4, -0.2) is 77.7 Å². The Balaban J connectivity index is 1.35. The van der Waals surface area contributed by atoms with Crippen molar-refractivity contribution in [1.82, 2.24) is 20.2 Å². The van der Waals surface area contributed by atoms with Gasteiger partial charge in [-0.15, -0.1) is 5.10 Å². The lowest BCUT2D eigenvalue weighted by molar-refractivity contribution is -0.205. The van der Waals surface area contributed by atoms with Gasteiger partial charge in [-0.1, -0.05) is 10.4 Å². The first-order chi connectivity index (χ1) is 17.7. The number of aliphatic hydroxyl groups is 4. The summed E-state index contributed by atoms with van der Waals surface area (Å²) in [6.07, 6.45) is -0.745. The van der Waals surface area contributed by atoms with Crippen molar-refractivity contribution in [1.29, 1.82) is 0 Å². The van der Waals surface area contributed by atoms with Gasteiger partial charge < -0.3 is 29.7 Å². The average Bonchev–Trinajstić information content (AvgIpc) is 3.55. The summed E-state index contributed by atoms with van der Waals surface area (Å²) >= 11 is 0. The van der Waals surface area contributed by atoms with E-state index in [0.29, 0.717) is 24.3 Å². The molecule has 5 atom stereocenters. The van der Waals surface area contributed by atoms with E-state index in [2.05, 4.69) is 15.5 Å². The van der Waals surface area contributed by atoms with Crippen LogP contribution in [0.3, 0.4) is 0 Å². The van der Waals surface area contributed by atoms with Crippen LogP contribution in [0.25, 0.3) is 11.3 Å². The Morgan fingerprint density at radius 3 is 2.30 bits per heavy atom. The second-order valence-corrected chi connectivity index (χ2v) is 9.64. The van der Waals surface area contributed by atoms with Gasteiger partial charge in [0.25, 0.3) is 0 Å². The Bertz CT molecular complexity index is 1210. The van der Waals surface area contributed by atoms with Crippen molar-refractivity contribution in [2.45, 2.75) is 74.6 Å². The first-order valence-corrected chi connectivity index (χ1v) is 12.1. The molecule has 2 aliphatic rings. The van der Waals surface area contributed by atoms with Crippen molar-refractivity contribution in [2.75, 3.05) is 6.61 Å². The van der Waals surface area contributed by atoms with E-state index in [1.165, 1.54) is 6.20 Å². The molecule has 1 saturated carbocycles. The van der Waals surface area contributed by atoms with E-state index < -0.39 is 54.5 Å². The summed E-state index contributed by atoms with van der Waals surface area (Å²) in [6.45, 7) is -0.550. The molecule has 0 amide bonds. The summed E-state index contributed by atoms with van der Waals surface area (Å²) in [6, 6.07) is 2.17. The SMILES string of the molecule is OC[C@H]1O[C@H](Cc2cc([C@H]3CC[C@H](O)CC3)on2)[C@H](O)[C@@H](n2cc(-c3cc(F)c(F)c(F)c3)nn2)[C@H]1O. The minimum Gasteiger partial charge on any atom is -0.394 e. The number of ether oxygens (including phenoxy) is 1. The van der Waals surface area contributed by atoms with E-state index in [0.717, 1.165) is 29.7 Å². The van der Waals surface area contributed by atoms with Crippen molar-refractivity contribution in [2.24, 2.45) is 0 Å². The molecule has 37 heavy (non-hydrogen) atoms. The Kier molecular flexibility index (Phi) is 7.32. The molecule has 1 aromatic carbocycles.